The van der Waals surface area contributed by atoms with E-state index in [0.29, 0.717) is 12.8 Å². The van der Waals surface area contributed by atoms with Gasteiger partial charge < -0.3 is 135 Å². The molecule has 4 aromatic heterocycles. The Labute approximate surface area is 703 Å². The molecule has 60 nitrogen and oxygen atoms in total. The van der Waals surface area contributed by atoms with Gasteiger partial charge in [0.15, 0.2) is 0 Å². The first-order chi connectivity index (χ1) is 57.5. The van der Waals surface area contributed by atoms with E-state index in [9.17, 15) is 192 Å². The topological polar surface area (TPSA) is 985 Å². The number of aryl methyl sites for hydroxylation is 1. The van der Waals surface area contributed by atoms with Gasteiger partial charge in [-0.15, -0.1) is 24.7 Å². The molecule has 4 aliphatic rings. The normalized spacial score (nSPS) is 25.2. The summed E-state index contributed by atoms with van der Waals surface area (Å²) < 4.78 is 180. The summed E-state index contributed by atoms with van der Waals surface area (Å²) in [4.78, 5) is 277. The van der Waals surface area contributed by atoms with Crippen molar-refractivity contribution in [3.8, 4) is 48.4 Å². The number of unbranched alkanes of at least 4 members (excludes halogenated alkanes) is 3. The minimum absolute atomic E-state index is 0.00145. The van der Waals surface area contributed by atoms with E-state index in [0.717, 1.165) is 37.3 Å². The number of terminal acetylenes is 2. The van der Waals surface area contributed by atoms with Gasteiger partial charge in [0.25, 0.3) is 84.8 Å². The molecule has 72 heteroatoms. The van der Waals surface area contributed by atoms with Crippen LogP contribution in [0.4, 0.5) is 0 Å². The zero-order chi connectivity index (χ0) is 95.9. The van der Waals surface area contributed by atoms with E-state index >= 15 is 0 Å². The standard InChI is InChI=1S/C18H25N2O13P3.C13H19N2O13P3.C12H17N2O13P3.C11H19N2O13P3/c1-2-3-4-5-6-7-8-13-11-20(18(23)19-17(13)22)15-9-14(16(21)10-15)12-31-35(27,28)33-36(29,30)32-34(24,25)26;1-2-3-8-6-15(13(18)14-12(8)17)10-4-9(11(16)5-10)7-26-30(22,23)28-31(24,25)27-29(19,20)21;1-2-7-5-14(12(17)13-11(7)16)9-3-8(10(15)4-9)6-25-29(21,22)27-30(23,24)26-28(18,19)20;1-6-4-13(11(16)12-10(6)15)8-2-7(9(14)3-8)5-24-28(20,21)26-29(22,23)25-27(17,18)19/h1,11,14-16,21H,3-6,9-10,12H2,(H,27,28)(H,29,30)(H,19,22,23)(H2,24,25,26);6,9-11,16H,4-5,7H2,1H3,(H,22,23)(H,24,25)(H,14,17,18)(H2,19,20,21);1,5,8-10,15H,3-4,6H2,(H,21,22)(H,23,24)(H,13,16,17)(H2,18,19,20);4,7-9,14H,2-3,5H2,1H3,(H,20,21)(H,22,23)(H,12,15,16)(H2,17,18,19)/p-16/t14-,15-,16?;9-,10-,11?;8-,9-,10?;7-,8-,9?/m1111/s1. The molecule has 4 aliphatic carbocycles. The lowest BCUT2D eigenvalue weighted by atomic mass is 10.1. The van der Waals surface area contributed by atoms with Gasteiger partial charge in [0.2, 0.25) is 0 Å². The zero-order valence-corrected chi connectivity index (χ0v) is 74.0. The molecule has 0 amide bonds. The largest absolute Gasteiger partial charge is 0.790 e. The van der Waals surface area contributed by atoms with E-state index in [-0.39, 0.29) is 73.6 Å². The van der Waals surface area contributed by atoms with Gasteiger partial charge in [-0.05, 0) is 78.1 Å². The third kappa shape index (κ3) is 38.0. The first-order valence-corrected chi connectivity index (χ1v) is 51.8. The summed E-state index contributed by atoms with van der Waals surface area (Å²) in [5.74, 6) is 11.4. The molecule has 4 heterocycles. The molecule has 12 unspecified atom stereocenters. The van der Waals surface area contributed by atoms with Crippen molar-refractivity contribution in [1.29, 1.82) is 0 Å². The second-order valence-corrected chi connectivity index (χ2v) is 43.3. The summed E-state index contributed by atoms with van der Waals surface area (Å²) in [6.45, 7) is -0.272. The number of aromatic amines is 4. The van der Waals surface area contributed by atoms with Crippen LogP contribution in [-0.2, 0) is 107 Å². The first-order valence-electron chi connectivity index (χ1n) is 34.2. The highest BCUT2D eigenvalue weighted by Crippen LogP contribution is 2.64. The monoisotopic (exact) mass is 2030 g/mol. The molecule has 0 bridgehead atoms. The summed E-state index contributed by atoms with van der Waals surface area (Å²) in [5, 5.41) is 40.5. The minimum atomic E-state index is -6.12. The Kier molecular flexibility index (Phi) is 39.8. The Morgan fingerprint density at radius 2 is 0.603 bits per heavy atom. The molecule has 4 saturated carbocycles. The van der Waals surface area contributed by atoms with Crippen molar-refractivity contribution in [2.45, 2.75) is 139 Å². The van der Waals surface area contributed by atoms with E-state index in [2.05, 4.69) is 103 Å². The zero-order valence-electron chi connectivity index (χ0n) is 63.2. The average molecular weight is 2030 g/mol. The van der Waals surface area contributed by atoms with Crippen LogP contribution in [-0.4, -0.2) is 109 Å². The summed E-state index contributed by atoms with van der Waals surface area (Å²) in [6.07, 6.45) is 12.7. The van der Waals surface area contributed by atoms with Crippen LogP contribution in [0, 0.1) is 79.0 Å². The van der Waals surface area contributed by atoms with Gasteiger partial charge in [0.05, 0.1) is 82.1 Å². The fraction of sp³-hybridized carbons (Fsp3) is 0.556. The number of hydrogen-bond donors (Lipinski definition) is 8. The van der Waals surface area contributed by atoms with Crippen LogP contribution in [0.25, 0.3) is 0 Å². The minimum Gasteiger partial charge on any atom is -0.790 e. The van der Waals surface area contributed by atoms with Gasteiger partial charge in [0, 0.05) is 91.0 Å². The molecular formula is C54H64N8O52P12-16. The summed E-state index contributed by atoms with van der Waals surface area (Å²) in [6, 6.07) is -2.72. The second-order valence-electron chi connectivity index (χ2n) is 26.4. The second kappa shape index (κ2) is 45.2. The van der Waals surface area contributed by atoms with Crippen LogP contribution >= 0.6 is 93.9 Å². The van der Waals surface area contributed by atoms with E-state index in [1.165, 1.54) is 32.4 Å². The number of nitrogens with zero attached hydrogens (tertiary/aromatic N) is 4. The maximum Gasteiger partial charge on any atom is 0.328 e. The summed E-state index contributed by atoms with van der Waals surface area (Å²) in [7, 11) is -71.6. The lowest BCUT2D eigenvalue weighted by molar-refractivity contribution is -0.342. The Balaban J connectivity index is 0.000000299. The number of aliphatic hydroxyl groups is 4. The fourth-order valence-corrected chi connectivity index (χ4v) is 23.6. The van der Waals surface area contributed by atoms with Crippen LogP contribution in [0.2, 0.25) is 0 Å². The number of phosphoric acid groups is 12. The highest BCUT2D eigenvalue weighted by Gasteiger charge is 2.41. The fourth-order valence-electron chi connectivity index (χ4n) is 11.9. The molecule has 4 aromatic rings. The highest BCUT2D eigenvalue weighted by molar-refractivity contribution is 7.66. The number of nitrogens with one attached hydrogen (secondary N) is 4. The number of aliphatic hydroxyl groups excluding tert-OH is 4. The number of H-pyrrole nitrogens is 4. The molecule has 708 valence electrons. The SMILES string of the molecule is C#CCCCCC#Cc1cn([C@H]2CC(O)[C@@H](COP(=O)([O-])OP(=O)([O-])OP(=O)([O-])[O-])C2)c(=O)[nH]c1=O.C#Cc1cn([C@H]2CC(O)[C@@H](COP(=O)([O-])OP(=O)([O-])OP(=O)([O-])[O-])C2)c(=O)[nH]c1=O.CC#Cc1cn([C@H]2CC(O)[C@@H](COP(=O)([O-])OP(=O)([O-])OP(=O)([O-])[O-])C2)c(=O)[nH]c1=O.Cc1cn([C@H]2CC(O)[C@@H](COP(=O)([O-])OP(=O)([O-])OP(=O)([O-])[O-])C2)c(=O)[nH]c1=O. The molecule has 8 N–H and O–H groups in total. The number of hydrogen-bond acceptors (Lipinski definition) is 52. The van der Waals surface area contributed by atoms with Crippen molar-refractivity contribution in [2.75, 3.05) is 26.4 Å². The molecule has 20 atom stereocenters. The van der Waals surface area contributed by atoms with Gasteiger partial charge in [-0.2, -0.15) is 0 Å². The van der Waals surface area contributed by atoms with E-state index in [1.807, 2.05) is 4.98 Å². The van der Waals surface area contributed by atoms with Crippen LogP contribution < -0.4 is 123 Å². The molecule has 4 fully saturated rings. The van der Waals surface area contributed by atoms with Crippen LogP contribution in [0.15, 0.2) is 63.1 Å². The average Bonchev–Trinajstić information content (AvgIpc) is 1.64. The van der Waals surface area contributed by atoms with Crippen molar-refractivity contribution in [3.63, 3.8) is 0 Å². The molecule has 0 saturated heterocycles. The Morgan fingerprint density at radius 1 is 0.357 bits per heavy atom. The smallest absolute Gasteiger partial charge is 0.328 e. The van der Waals surface area contributed by atoms with Gasteiger partial charge >= 0.3 is 22.8 Å². The Hall–Kier alpha value is -5.56. The Morgan fingerprint density at radius 3 is 0.865 bits per heavy atom. The maximum absolute atomic E-state index is 12.3. The number of rotatable bonds is 35. The van der Waals surface area contributed by atoms with Crippen molar-refractivity contribution in [1.82, 2.24) is 38.2 Å². The van der Waals surface area contributed by atoms with E-state index < -0.39 is 238 Å². The van der Waals surface area contributed by atoms with E-state index in [4.69, 9.17) is 12.8 Å². The quantitative estimate of drug-likeness (QED) is 0.0120. The van der Waals surface area contributed by atoms with Crippen LogP contribution in [0.1, 0.15) is 130 Å². The number of aromatic nitrogens is 8. The summed E-state index contributed by atoms with van der Waals surface area (Å²) in [5.41, 5.74) is -5.84. The predicted octanol–water partition coefficient (Wildman–Crippen LogP) is -11.1. The molecule has 8 rings (SSSR count). The van der Waals surface area contributed by atoms with E-state index in [1.54, 1.807) is 0 Å². The molecular weight excluding hydrogens is 1960 g/mol. The van der Waals surface area contributed by atoms with Crippen molar-refractivity contribution in [3.05, 3.63) is 130 Å². The lowest BCUT2D eigenvalue weighted by Gasteiger charge is -2.37. The van der Waals surface area contributed by atoms with Crippen molar-refractivity contribution < 1.29 is 206 Å². The van der Waals surface area contributed by atoms with Crippen molar-refractivity contribution in [2.24, 2.45) is 23.7 Å². The van der Waals surface area contributed by atoms with Gasteiger partial charge in [-0.3, -0.25) is 111 Å². The third-order valence-electron chi connectivity index (χ3n) is 17.1. The molecule has 0 radical (unpaired) electrons. The third-order valence-corrected chi connectivity index (χ3v) is 31.7. The molecule has 0 aromatic carbocycles. The highest BCUT2D eigenvalue weighted by atomic mass is 31.3. The van der Waals surface area contributed by atoms with Gasteiger partial charge in [-0.1, -0.05) is 23.7 Å². The number of phosphoric ester groups is 4. The summed E-state index contributed by atoms with van der Waals surface area (Å²) >= 11 is 0. The van der Waals surface area contributed by atoms with Crippen molar-refractivity contribution >= 4 is 93.9 Å². The molecule has 0 spiro atoms. The van der Waals surface area contributed by atoms with Gasteiger partial charge in [0.1, 0.15) is 16.7 Å². The molecule has 0 aliphatic heterocycles. The van der Waals surface area contributed by atoms with Crippen LogP contribution in [0.3, 0.4) is 0 Å². The van der Waals surface area contributed by atoms with Crippen LogP contribution in [0.5, 0.6) is 0 Å². The Bertz CT molecular complexity index is 5980. The first kappa shape index (κ1) is 111. The maximum atomic E-state index is 12.3. The molecule has 126 heavy (non-hydrogen) atoms. The predicted molar refractivity (Wildman–Crippen MR) is 380 cm³/mol. The van der Waals surface area contributed by atoms with Gasteiger partial charge in [-0.25, -0.2) is 36.4 Å². The lowest BCUT2D eigenvalue weighted by Crippen LogP contribution is -2.33.